The summed E-state index contributed by atoms with van der Waals surface area (Å²) in [6.45, 7) is 6.18. The fourth-order valence-corrected chi connectivity index (χ4v) is 3.58. The van der Waals surface area contributed by atoms with E-state index < -0.39 is 11.9 Å². The molecule has 2 amide bonds. The highest BCUT2D eigenvalue weighted by molar-refractivity contribution is 5.96. The van der Waals surface area contributed by atoms with Crippen molar-refractivity contribution in [3.8, 4) is 11.5 Å². The van der Waals surface area contributed by atoms with Crippen LogP contribution in [-0.4, -0.2) is 62.1 Å². The molecule has 1 fully saturated rings. The normalized spacial score (nSPS) is 18.1. The Balaban J connectivity index is 1.79. The Kier molecular flexibility index (Phi) is 9.62. The first-order valence-electron chi connectivity index (χ1n) is 10.9. The van der Waals surface area contributed by atoms with Gasteiger partial charge >= 0.3 is 5.97 Å². The average Bonchev–Trinajstić information content (AvgIpc) is 2.77. The number of benzene rings is 1. The van der Waals surface area contributed by atoms with E-state index in [4.69, 9.17) is 14.2 Å². The molecule has 172 valence electrons. The van der Waals surface area contributed by atoms with Gasteiger partial charge in [0.25, 0.3) is 11.8 Å². The summed E-state index contributed by atoms with van der Waals surface area (Å²) >= 11 is 0. The maximum absolute atomic E-state index is 12.4. The summed E-state index contributed by atoms with van der Waals surface area (Å²) < 4.78 is 16.0. The lowest BCUT2D eigenvalue weighted by molar-refractivity contribution is -0.151. The zero-order chi connectivity index (χ0) is 22.8. The van der Waals surface area contributed by atoms with Crippen molar-refractivity contribution in [1.29, 1.82) is 0 Å². The largest absolute Gasteiger partial charge is 0.490 e. The van der Waals surface area contributed by atoms with Crippen LogP contribution in [0.3, 0.4) is 0 Å². The van der Waals surface area contributed by atoms with Gasteiger partial charge in [-0.3, -0.25) is 14.4 Å². The highest BCUT2D eigenvalue weighted by atomic mass is 16.5. The van der Waals surface area contributed by atoms with E-state index in [1.54, 1.807) is 30.1 Å². The summed E-state index contributed by atoms with van der Waals surface area (Å²) in [5.74, 6) is 0.373. The highest BCUT2D eigenvalue weighted by Crippen LogP contribution is 2.28. The predicted molar refractivity (Wildman–Crippen MR) is 116 cm³/mol. The first kappa shape index (κ1) is 24.5. The Hall–Kier alpha value is -2.77. The molecule has 0 unspecified atom stereocenters. The third-order valence-electron chi connectivity index (χ3n) is 5.48. The third kappa shape index (κ3) is 7.45. The summed E-state index contributed by atoms with van der Waals surface area (Å²) in [7, 11) is 1.75. The quantitative estimate of drug-likeness (QED) is 0.569. The van der Waals surface area contributed by atoms with Crippen molar-refractivity contribution in [3.05, 3.63) is 23.8 Å². The van der Waals surface area contributed by atoms with Crippen molar-refractivity contribution >= 4 is 17.8 Å². The van der Waals surface area contributed by atoms with Crippen LogP contribution >= 0.6 is 0 Å². The van der Waals surface area contributed by atoms with Gasteiger partial charge in [-0.1, -0.05) is 6.92 Å². The predicted octanol–water partition coefficient (Wildman–Crippen LogP) is 2.79. The summed E-state index contributed by atoms with van der Waals surface area (Å²) in [5.41, 5.74) is 0.335. The summed E-state index contributed by atoms with van der Waals surface area (Å²) in [6, 6.07) is 5.01. The molecular weight excluding hydrogens is 400 g/mol. The molecule has 1 N–H and O–H groups in total. The molecule has 8 heteroatoms. The molecule has 1 aromatic rings. The van der Waals surface area contributed by atoms with Crippen molar-refractivity contribution < 1.29 is 28.6 Å². The van der Waals surface area contributed by atoms with Gasteiger partial charge in [-0.05, 0) is 63.6 Å². The molecule has 1 aliphatic carbocycles. The fourth-order valence-electron chi connectivity index (χ4n) is 3.58. The van der Waals surface area contributed by atoms with Gasteiger partial charge < -0.3 is 24.4 Å². The molecule has 1 aliphatic rings. The number of ether oxygens (including phenoxy) is 3. The SMILES string of the molecule is CCOc1ccc(C(=O)NCC(=O)OCC(=O)N(C)C2CCC(C)CC2)cc1OCC. The van der Waals surface area contributed by atoms with Gasteiger partial charge in [0.15, 0.2) is 18.1 Å². The molecule has 8 nitrogen and oxygen atoms in total. The van der Waals surface area contributed by atoms with Crippen LogP contribution in [0, 0.1) is 5.92 Å². The second-order valence-electron chi connectivity index (χ2n) is 7.79. The van der Waals surface area contributed by atoms with Crippen molar-refractivity contribution in [3.63, 3.8) is 0 Å². The molecule has 2 rings (SSSR count). The molecule has 0 atom stereocenters. The highest BCUT2D eigenvalue weighted by Gasteiger charge is 2.25. The lowest BCUT2D eigenvalue weighted by atomic mass is 9.87. The van der Waals surface area contributed by atoms with Crippen LogP contribution in [0.15, 0.2) is 18.2 Å². The van der Waals surface area contributed by atoms with Crippen molar-refractivity contribution in [1.82, 2.24) is 10.2 Å². The number of rotatable bonds is 10. The van der Waals surface area contributed by atoms with Crippen LogP contribution in [0.5, 0.6) is 11.5 Å². The van der Waals surface area contributed by atoms with E-state index in [1.807, 2.05) is 13.8 Å². The average molecular weight is 435 g/mol. The summed E-state index contributed by atoms with van der Waals surface area (Å²) in [5, 5.41) is 2.51. The molecule has 1 saturated carbocycles. The van der Waals surface area contributed by atoms with Crippen molar-refractivity contribution in [2.75, 3.05) is 33.4 Å². The number of nitrogens with zero attached hydrogens (tertiary/aromatic N) is 1. The number of nitrogens with one attached hydrogen (secondary N) is 1. The van der Waals surface area contributed by atoms with Gasteiger partial charge in [0, 0.05) is 18.7 Å². The number of hydrogen-bond acceptors (Lipinski definition) is 6. The Labute approximate surface area is 184 Å². The minimum atomic E-state index is -0.664. The molecule has 0 aromatic heterocycles. The van der Waals surface area contributed by atoms with E-state index in [0.717, 1.165) is 25.7 Å². The molecule has 0 bridgehead atoms. The molecule has 31 heavy (non-hydrogen) atoms. The smallest absolute Gasteiger partial charge is 0.325 e. The molecule has 0 radical (unpaired) electrons. The Morgan fingerprint density at radius 3 is 2.32 bits per heavy atom. The van der Waals surface area contributed by atoms with E-state index in [-0.39, 0.29) is 25.1 Å². The molecule has 0 heterocycles. The van der Waals surface area contributed by atoms with Crippen molar-refractivity contribution in [2.24, 2.45) is 5.92 Å². The van der Waals surface area contributed by atoms with Gasteiger partial charge in [0.1, 0.15) is 6.54 Å². The maximum atomic E-state index is 12.4. The van der Waals surface area contributed by atoms with E-state index >= 15 is 0 Å². The van der Waals surface area contributed by atoms with E-state index in [2.05, 4.69) is 12.2 Å². The fraction of sp³-hybridized carbons (Fsp3) is 0.609. The topological polar surface area (TPSA) is 94.2 Å². The van der Waals surface area contributed by atoms with Gasteiger partial charge in [-0.2, -0.15) is 0 Å². The number of esters is 1. The lowest BCUT2D eigenvalue weighted by Crippen LogP contribution is -2.42. The zero-order valence-electron chi connectivity index (χ0n) is 18.9. The first-order valence-corrected chi connectivity index (χ1v) is 10.9. The lowest BCUT2D eigenvalue weighted by Gasteiger charge is -2.33. The van der Waals surface area contributed by atoms with Gasteiger partial charge in [0.05, 0.1) is 13.2 Å². The number of amides is 2. The standard InChI is InChI=1S/C23H34N2O6/c1-5-29-19-12-9-17(13-20(19)30-6-2)23(28)24-14-22(27)31-15-21(26)25(4)18-10-7-16(3)8-11-18/h9,12-13,16,18H,5-8,10-11,14-15H2,1-4H3,(H,24,28). The van der Waals surface area contributed by atoms with Crippen molar-refractivity contribution in [2.45, 2.75) is 52.5 Å². The van der Waals surface area contributed by atoms with Crippen LogP contribution in [0.4, 0.5) is 0 Å². The maximum Gasteiger partial charge on any atom is 0.325 e. The van der Waals surface area contributed by atoms with Crippen LogP contribution in [-0.2, 0) is 14.3 Å². The minimum absolute atomic E-state index is 0.196. The van der Waals surface area contributed by atoms with E-state index in [0.29, 0.717) is 36.2 Å². The molecule has 1 aromatic carbocycles. The van der Waals surface area contributed by atoms with Crippen LogP contribution < -0.4 is 14.8 Å². The molecule has 0 saturated heterocycles. The molecule has 0 spiro atoms. The zero-order valence-corrected chi connectivity index (χ0v) is 18.9. The van der Waals surface area contributed by atoms with Crippen LogP contribution in [0.1, 0.15) is 56.8 Å². The first-order chi connectivity index (χ1) is 14.8. The number of carbonyl (C=O) groups is 3. The van der Waals surface area contributed by atoms with Crippen LogP contribution in [0.25, 0.3) is 0 Å². The Morgan fingerprint density at radius 2 is 1.68 bits per heavy atom. The van der Waals surface area contributed by atoms with E-state index in [9.17, 15) is 14.4 Å². The van der Waals surface area contributed by atoms with Gasteiger partial charge in [-0.25, -0.2) is 0 Å². The van der Waals surface area contributed by atoms with E-state index in [1.165, 1.54) is 0 Å². The molecular formula is C23H34N2O6. The van der Waals surface area contributed by atoms with Crippen LogP contribution in [0.2, 0.25) is 0 Å². The number of carbonyl (C=O) groups excluding carboxylic acids is 3. The summed E-state index contributed by atoms with van der Waals surface area (Å²) in [4.78, 5) is 38.3. The Bertz CT molecular complexity index is 758. The number of likely N-dealkylation sites (N-methyl/N-ethyl adjacent to an activating group) is 1. The minimum Gasteiger partial charge on any atom is -0.490 e. The number of hydrogen-bond donors (Lipinski definition) is 1. The monoisotopic (exact) mass is 434 g/mol. The Morgan fingerprint density at radius 1 is 1.03 bits per heavy atom. The van der Waals surface area contributed by atoms with Gasteiger partial charge in [-0.15, -0.1) is 0 Å². The molecule has 0 aliphatic heterocycles. The third-order valence-corrected chi connectivity index (χ3v) is 5.48. The summed E-state index contributed by atoms with van der Waals surface area (Å²) in [6.07, 6.45) is 4.15. The second kappa shape index (κ2) is 12.2. The van der Waals surface area contributed by atoms with Gasteiger partial charge in [0.2, 0.25) is 0 Å². The second-order valence-corrected chi connectivity index (χ2v) is 7.79.